The molecular formula is C14H19Cl2NO3. The zero-order valence-electron chi connectivity index (χ0n) is 12.5. The van der Waals surface area contributed by atoms with Crippen LogP contribution in [0.25, 0.3) is 0 Å². The number of pyridine rings is 1. The summed E-state index contributed by atoms with van der Waals surface area (Å²) in [4.78, 5) is 16.2. The Morgan fingerprint density at radius 1 is 1.25 bits per heavy atom. The largest absolute Gasteiger partial charge is 0.467 e. The van der Waals surface area contributed by atoms with E-state index in [9.17, 15) is 4.79 Å². The average Bonchev–Trinajstić information content (AvgIpc) is 2.32. The first kappa shape index (κ1) is 17.2. The number of carbonyl (C=O) groups excluding carboxylic acids is 1. The second-order valence-corrected chi connectivity index (χ2v) is 6.21. The van der Waals surface area contributed by atoms with Crippen LogP contribution >= 0.6 is 23.2 Å². The van der Waals surface area contributed by atoms with Crippen LogP contribution in [0.15, 0.2) is 0 Å². The van der Waals surface area contributed by atoms with Crippen LogP contribution in [0.5, 0.6) is 0 Å². The average molecular weight is 320 g/mol. The number of ether oxygens (including phenoxy) is 2. The van der Waals surface area contributed by atoms with Crippen molar-refractivity contribution in [1.82, 2.24) is 4.98 Å². The molecule has 1 heterocycles. The summed E-state index contributed by atoms with van der Waals surface area (Å²) in [5, 5.41) is 0.692. The zero-order chi connectivity index (χ0) is 15.7. The van der Waals surface area contributed by atoms with Gasteiger partial charge in [0.1, 0.15) is 5.15 Å². The SMILES string of the molecule is COC(=O)[C@@H](OC(C)(C)C)c1c(C)nc(Cl)c(C)c1Cl. The molecule has 0 aliphatic carbocycles. The van der Waals surface area contributed by atoms with E-state index in [4.69, 9.17) is 32.7 Å². The van der Waals surface area contributed by atoms with Crippen LogP contribution in [0, 0.1) is 13.8 Å². The molecule has 0 N–H and O–H groups in total. The summed E-state index contributed by atoms with van der Waals surface area (Å²) >= 11 is 12.3. The Bertz CT molecular complexity index is 524. The smallest absolute Gasteiger partial charge is 0.339 e. The van der Waals surface area contributed by atoms with E-state index in [0.29, 0.717) is 27.0 Å². The molecule has 0 fully saturated rings. The molecule has 1 rings (SSSR count). The predicted octanol–water partition coefficient (Wildman–Crippen LogP) is 4.03. The number of nitrogens with zero attached hydrogens (tertiary/aromatic N) is 1. The summed E-state index contributed by atoms with van der Waals surface area (Å²) in [5.74, 6) is -0.520. The van der Waals surface area contributed by atoms with E-state index in [1.54, 1.807) is 13.8 Å². The molecule has 0 bridgehead atoms. The van der Waals surface area contributed by atoms with Gasteiger partial charge in [0, 0.05) is 16.8 Å². The molecule has 4 nitrogen and oxygen atoms in total. The van der Waals surface area contributed by atoms with Crippen LogP contribution in [0.3, 0.4) is 0 Å². The van der Waals surface area contributed by atoms with Gasteiger partial charge in [-0.05, 0) is 34.6 Å². The van der Waals surface area contributed by atoms with E-state index in [1.165, 1.54) is 7.11 Å². The van der Waals surface area contributed by atoms with Gasteiger partial charge in [0.05, 0.1) is 17.7 Å². The Hall–Kier alpha value is -0.840. The maximum absolute atomic E-state index is 12.0. The molecule has 0 amide bonds. The highest BCUT2D eigenvalue weighted by molar-refractivity contribution is 6.36. The highest BCUT2D eigenvalue weighted by Gasteiger charge is 2.32. The first-order valence-corrected chi connectivity index (χ1v) is 6.91. The number of rotatable bonds is 3. The number of hydrogen-bond donors (Lipinski definition) is 0. The van der Waals surface area contributed by atoms with Crippen LogP contribution in [0.2, 0.25) is 10.2 Å². The summed E-state index contributed by atoms with van der Waals surface area (Å²) in [6.07, 6.45) is -0.934. The third-order valence-corrected chi connectivity index (χ3v) is 3.53. The van der Waals surface area contributed by atoms with Crippen molar-refractivity contribution in [3.8, 4) is 0 Å². The molecule has 1 atom stereocenters. The van der Waals surface area contributed by atoms with Crippen molar-refractivity contribution in [3.05, 3.63) is 27.0 Å². The van der Waals surface area contributed by atoms with Crippen molar-refractivity contribution in [2.24, 2.45) is 0 Å². The van der Waals surface area contributed by atoms with E-state index in [0.717, 1.165) is 0 Å². The number of aryl methyl sites for hydroxylation is 1. The lowest BCUT2D eigenvalue weighted by Gasteiger charge is -2.27. The molecule has 0 saturated carbocycles. The molecule has 0 aromatic carbocycles. The van der Waals surface area contributed by atoms with Crippen molar-refractivity contribution < 1.29 is 14.3 Å². The van der Waals surface area contributed by atoms with Gasteiger partial charge in [-0.2, -0.15) is 0 Å². The van der Waals surface area contributed by atoms with Gasteiger partial charge in [-0.15, -0.1) is 0 Å². The van der Waals surface area contributed by atoms with Crippen molar-refractivity contribution >= 4 is 29.2 Å². The van der Waals surface area contributed by atoms with Gasteiger partial charge in [-0.25, -0.2) is 9.78 Å². The standard InChI is InChI=1S/C14H19Cl2NO3/c1-7-10(15)9(8(2)17-12(7)16)11(13(18)19-6)20-14(3,4)5/h11H,1-6H3/t11-/m0/s1. The fourth-order valence-corrected chi connectivity index (χ4v) is 2.33. The molecule has 20 heavy (non-hydrogen) atoms. The summed E-state index contributed by atoms with van der Waals surface area (Å²) < 4.78 is 10.6. The summed E-state index contributed by atoms with van der Waals surface area (Å²) in [7, 11) is 1.31. The number of esters is 1. The molecule has 0 unspecified atom stereocenters. The fourth-order valence-electron chi connectivity index (χ4n) is 1.73. The maximum Gasteiger partial charge on any atom is 0.339 e. The van der Waals surface area contributed by atoms with Crippen LogP contribution < -0.4 is 0 Å². The molecule has 0 spiro atoms. The molecule has 0 aliphatic heterocycles. The van der Waals surface area contributed by atoms with Crippen molar-refractivity contribution in [2.45, 2.75) is 46.3 Å². The fraction of sp³-hybridized carbons (Fsp3) is 0.571. The summed E-state index contributed by atoms with van der Waals surface area (Å²) in [6.45, 7) is 9.02. The molecule has 1 aromatic rings. The molecule has 6 heteroatoms. The second kappa shape index (κ2) is 6.29. The van der Waals surface area contributed by atoms with Crippen LogP contribution in [-0.2, 0) is 14.3 Å². The van der Waals surface area contributed by atoms with E-state index in [-0.39, 0.29) is 0 Å². The van der Waals surface area contributed by atoms with Crippen molar-refractivity contribution in [3.63, 3.8) is 0 Å². The molecule has 0 radical (unpaired) electrons. The van der Waals surface area contributed by atoms with Crippen LogP contribution in [0.4, 0.5) is 0 Å². The Morgan fingerprint density at radius 2 is 1.80 bits per heavy atom. The Morgan fingerprint density at radius 3 is 2.25 bits per heavy atom. The Balaban J connectivity index is 3.42. The minimum absolute atomic E-state index is 0.315. The number of carbonyl (C=O) groups is 1. The van der Waals surface area contributed by atoms with E-state index in [2.05, 4.69) is 4.98 Å². The molecular weight excluding hydrogens is 301 g/mol. The van der Waals surface area contributed by atoms with Gasteiger partial charge in [0.2, 0.25) is 0 Å². The third kappa shape index (κ3) is 3.84. The summed E-state index contributed by atoms with van der Waals surface area (Å²) in [5.41, 5.74) is 1.11. The van der Waals surface area contributed by atoms with Crippen LogP contribution in [-0.4, -0.2) is 23.7 Å². The minimum Gasteiger partial charge on any atom is -0.467 e. The van der Waals surface area contributed by atoms with E-state index >= 15 is 0 Å². The molecule has 0 saturated heterocycles. The number of halogens is 2. The lowest BCUT2D eigenvalue weighted by molar-refractivity contribution is -0.164. The number of hydrogen-bond acceptors (Lipinski definition) is 4. The highest BCUT2D eigenvalue weighted by Crippen LogP contribution is 2.36. The number of aromatic nitrogens is 1. The van der Waals surface area contributed by atoms with Gasteiger partial charge >= 0.3 is 5.97 Å². The topological polar surface area (TPSA) is 48.4 Å². The first-order chi connectivity index (χ1) is 9.08. The van der Waals surface area contributed by atoms with Gasteiger partial charge in [-0.3, -0.25) is 0 Å². The molecule has 112 valence electrons. The van der Waals surface area contributed by atoms with Gasteiger partial charge in [0.15, 0.2) is 6.10 Å². The monoisotopic (exact) mass is 319 g/mol. The first-order valence-electron chi connectivity index (χ1n) is 6.16. The lowest BCUT2D eigenvalue weighted by Crippen LogP contribution is -2.29. The lowest BCUT2D eigenvalue weighted by atomic mass is 10.0. The van der Waals surface area contributed by atoms with Gasteiger partial charge < -0.3 is 9.47 Å². The molecule has 0 aliphatic rings. The second-order valence-electron chi connectivity index (χ2n) is 5.47. The molecule has 1 aromatic heterocycles. The quantitative estimate of drug-likeness (QED) is 0.623. The van der Waals surface area contributed by atoms with E-state index in [1.807, 2.05) is 20.8 Å². The normalized spacial score (nSPS) is 13.2. The summed E-state index contributed by atoms with van der Waals surface area (Å²) in [6, 6.07) is 0. The predicted molar refractivity (Wildman–Crippen MR) is 79.3 cm³/mol. The van der Waals surface area contributed by atoms with Crippen LogP contribution in [0.1, 0.15) is 43.7 Å². The van der Waals surface area contributed by atoms with E-state index < -0.39 is 17.7 Å². The Labute approximate surface area is 129 Å². The van der Waals surface area contributed by atoms with Gasteiger partial charge in [0.25, 0.3) is 0 Å². The highest BCUT2D eigenvalue weighted by atomic mass is 35.5. The zero-order valence-corrected chi connectivity index (χ0v) is 14.0. The van der Waals surface area contributed by atoms with Crippen molar-refractivity contribution in [1.29, 1.82) is 0 Å². The van der Waals surface area contributed by atoms with Crippen molar-refractivity contribution in [2.75, 3.05) is 7.11 Å². The maximum atomic E-state index is 12.0. The number of methoxy groups -OCH3 is 1. The Kier molecular flexibility index (Phi) is 5.41. The van der Waals surface area contributed by atoms with Gasteiger partial charge in [-0.1, -0.05) is 23.2 Å². The minimum atomic E-state index is -0.934. The third-order valence-electron chi connectivity index (χ3n) is 2.68.